The van der Waals surface area contributed by atoms with E-state index in [9.17, 15) is 0 Å². The highest BCUT2D eigenvalue weighted by molar-refractivity contribution is 5.54. The molecule has 76 valence electrons. The summed E-state index contributed by atoms with van der Waals surface area (Å²) in [7, 11) is 0. The monoisotopic (exact) mass is 197 g/mol. The van der Waals surface area contributed by atoms with E-state index in [-0.39, 0.29) is 0 Å². The number of allylic oxidation sites excluding steroid dienone is 2. The van der Waals surface area contributed by atoms with Crippen LogP contribution in [0.25, 0.3) is 0 Å². The lowest BCUT2D eigenvalue weighted by Gasteiger charge is -2.23. The smallest absolute Gasteiger partial charge is 0.0510 e. The van der Waals surface area contributed by atoms with Gasteiger partial charge in [0.2, 0.25) is 0 Å². The van der Waals surface area contributed by atoms with Crippen molar-refractivity contribution in [2.45, 2.75) is 18.9 Å². The van der Waals surface area contributed by atoms with Crippen molar-refractivity contribution in [3.05, 3.63) is 54.1 Å². The highest BCUT2D eigenvalue weighted by atomic mass is 14.9. The van der Waals surface area contributed by atoms with Crippen molar-refractivity contribution in [1.29, 1.82) is 0 Å². The normalized spacial score (nSPS) is 27.5. The summed E-state index contributed by atoms with van der Waals surface area (Å²) in [6.45, 7) is 0. The molecular weight excluding hydrogens is 182 g/mol. The average Bonchev–Trinajstić information content (AvgIpc) is 2.48. The first-order chi connectivity index (χ1) is 7.43. The van der Waals surface area contributed by atoms with Crippen LogP contribution in [0.15, 0.2) is 48.6 Å². The maximum Gasteiger partial charge on any atom is 0.0510 e. The predicted molar refractivity (Wildman–Crippen MR) is 63.9 cm³/mol. The average molecular weight is 197 g/mol. The molecule has 1 heterocycles. The van der Waals surface area contributed by atoms with E-state index in [1.807, 2.05) is 0 Å². The Hall–Kier alpha value is -1.50. The van der Waals surface area contributed by atoms with Crippen LogP contribution >= 0.6 is 0 Å². The van der Waals surface area contributed by atoms with E-state index in [4.69, 9.17) is 0 Å². The Bertz CT molecular complexity index is 417. The molecule has 0 amide bonds. The molecule has 0 aromatic heterocycles. The Morgan fingerprint density at radius 1 is 1.07 bits per heavy atom. The van der Waals surface area contributed by atoms with Crippen molar-refractivity contribution in [2.24, 2.45) is 5.92 Å². The fourth-order valence-corrected chi connectivity index (χ4v) is 2.46. The summed E-state index contributed by atoms with van der Waals surface area (Å²) in [6.07, 6.45) is 11.3. The van der Waals surface area contributed by atoms with Gasteiger partial charge in [-0.2, -0.15) is 0 Å². The van der Waals surface area contributed by atoms with Gasteiger partial charge in [0.05, 0.1) is 6.04 Å². The second-order valence-electron chi connectivity index (χ2n) is 4.30. The maximum absolute atomic E-state index is 3.62. The molecule has 0 saturated carbocycles. The number of rotatable bonds is 0. The second-order valence-corrected chi connectivity index (χ2v) is 4.30. The molecule has 15 heavy (non-hydrogen) atoms. The van der Waals surface area contributed by atoms with Crippen LogP contribution in [0.4, 0.5) is 5.69 Å². The van der Waals surface area contributed by atoms with Gasteiger partial charge in [-0.3, -0.25) is 0 Å². The topological polar surface area (TPSA) is 12.0 Å². The fraction of sp³-hybridized carbons (Fsp3) is 0.286. The van der Waals surface area contributed by atoms with Gasteiger partial charge in [-0.25, -0.2) is 0 Å². The van der Waals surface area contributed by atoms with Gasteiger partial charge in [0.1, 0.15) is 0 Å². The quantitative estimate of drug-likeness (QED) is 0.673. The van der Waals surface area contributed by atoms with Crippen molar-refractivity contribution in [2.75, 3.05) is 5.32 Å². The minimum atomic E-state index is 0.485. The highest BCUT2D eigenvalue weighted by Gasteiger charge is 2.22. The molecule has 0 saturated heterocycles. The number of fused-ring (bicyclic) bond motifs is 2. The summed E-state index contributed by atoms with van der Waals surface area (Å²) < 4.78 is 0. The molecule has 0 bridgehead atoms. The number of nitrogens with one attached hydrogen (secondary N) is 1. The van der Waals surface area contributed by atoms with Crippen molar-refractivity contribution in [3.8, 4) is 0 Å². The van der Waals surface area contributed by atoms with Gasteiger partial charge in [0.25, 0.3) is 0 Å². The minimum absolute atomic E-state index is 0.485. The largest absolute Gasteiger partial charge is 0.378 e. The van der Waals surface area contributed by atoms with Crippen LogP contribution in [-0.2, 0) is 6.42 Å². The molecule has 2 atom stereocenters. The molecule has 3 rings (SSSR count). The van der Waals surface area contributed by atoms with Gasteiger partial charge in [0, 0.05) is 11.6 Å². The molecule has 2 aliphatic rings. The molecule has 1 aliphatic carbocycles. The van der Waals surface area contributed by atoms with Gasteiger partial charge in [-0.05, 0) is 24.5 Å². The summed E-state index contributed by atoms with van der Waals surface area (Å²) in [5.41, 5.74) is 2.76. The Balaban J connectivity index is 1.96. The molecule has 0 spiro atoms. The Kier molecular flexibility index (Phi) is 2.09. The SMILES string of the molecule is C1=CC2CCc3ccccc3NC2C=C1. The van der Waals surface area contributed by atoms with E-state index in [1.165, 1.54) is 24.1 Å². The van der Waals surface area contributed by atoms with Crippen LogP contribution in [0.2, 0.25) is 0 Å². The van der Waals surface area contributed by atoms with E-state index in [0.29, 0.717) is 12.0 Å². The summed E-state index contributed by atoms with van der Waals surface area (Å²) in [5.74, 6) is 0.655. The molecule has 2 unspecified atom stereocenters. The molecule has 1 aromatic carbocycles. The predicted octanol–water partition coefficient (Wildman–Crippen LogP) is 3.16. The van der Waals surface area contributed by atoms with E-state index < -0.39 is 0 Å². The van der Waals surface area contributed by atoms with E-state index in [1.54, 1.807) is 0 Å². The zero-order valence-electron chi connectivity index (χ0n) is 8.69. The van der Waals surface area contributed by atoms with Gasteiger partial charge < -0.3 is 5.32 Å². The summed E-state index contributed by atoms with van der Waals surface area (Å²) in [6, 6.07) is 9.13. The van der Waals surface area contributed by atoms with Crippen molar-refractivity contribution in [3.63, 3.8) is 0 Å². The number of aryl methyl sites for hydroxylation is 1. The first-order valence-electron chi connectivity index (χ1n) is 5.63. The first-order valence-corrected chi connectivity index (χ1v) is 5.63. The van der Waals surface area contributed by atoms with Crippen LogP contribution in [0, 0.1) is 5.92 Å². The molecule has 1 nitrogen and oxygen atoms in total. The van der Waals surface area contributed by atoms with Crippen LogP contribution in [-0.4, -0.2) is 6.04 Å². The van der Waals surface area contributed by atoms with E-state index >= 15 is 0 Å². The van der Waals surface area contributed by atoms with E-state index in [2.05, 4.69) is 53.9 Å². The number of benzene rings is 1. The third-order valence-electron chi connectivity index (χ3n) is 3.34. The minimum Gasteiger partial charge on any atom is -0.378 e. The molecule has 0 fully saturated rings. The molecule has 1 aliphatic heterocycles. The van der Waals surface area contributed by atoms with Crippen LogP contribution in [0.3, 0.4) is 0 Å². The van der Waals surface area contributed by atoms with Gasteiger partial charge in [-0.15, -0.1) is 0 Å². The summed E-state index contributed by atoms with van der Waals surface area (Å²) in [5, 5.41) is 3.62. The molecular formula is C14H15N. The zero-order valence-corrected chi connectivity index (χ0v) is 8.69. The van der Waals surface area contributed by atoms with Crippen molar-refractivity contribution >= 4 is 5.69 Å². The van der Waals surface area contributed by atoms with E-state index in [0.717, 1.165) is 0 Å². The third-order valence-corrected chi connectivity index (χ3v) is 3.34. The molecule has 1 N–H and O–H groups in total. The Labute approximate surface area is 90.5 Å². The number of hydrogen-bond donors (Lipinski definition) is 1. The molecule has 0 radical (unpaired) electrons. The standard InChI is InChI=1S/C14H15N/c1-3-7-13-11(5-1)9-10-12-6-2-4-8-14(12)15-13/h1-8,11,13,15H,9-10H2. The number of para-hydroxylation sites is 1. The van der Waals surface area contributed by atoms with Crippen LogP contribution < -0.4 is 5.32 Å². The van der Waals surface area contributed by atoms with Crippen LogP contribution in [0.1, 0.15) is 12.0 Å². The number of hydrogen-bond acceptors (Lipinski definition) is 1. The second kappa shape index (κ2) is 3.58. The summed E-state index contributed by atoms with van der Waals surface area (Å²) >= 11 is 0. The fourth-order valence-electron chi connectivity index (χ4n) is 2.46. The number of anilines is 1. The Morgan fingerprint density at radius 2 is 1.93 bits per heavy atom. The van der Waals surface area contributed by atoms with Gasteiger partial charge >= 0.3 is 0 Å². The zero-order chi connectivity index (χ0) is 10.1. The lowest BCUT2D eigenvalue weighted by atomic mass is 9.91. The van der Waals surface area contributed by atoms with Crippen LogP contribution in [0.5, 0.6) is 0 Å². The van der Waals surface area contributed by atoms with Gasteiger partial charge in [0.15, 0.2) is 0 Å². The molecule has 1 heteroatoms. The lowest BCUT2D eigenvalue weighted by molar-refractivity contribution is 0.563. The lowest BCUT2D eigenvalue weighted by Crippen LogP contribution is -2.25. The highest BCUT2D eigenvalue weighted by Crippen LogP contribution is 2.29. The van der Waals surface area contributed by atoms with Crippen molar-refractivity contribution < 1.29 is 0 Å². The summed E-state index contributed by atoms with van der Waals surface area (Å²) in [4.78, 5) is 0. The maximum atomic E-state index is 3.62. The first kappa shape index (κ1) is 8.78. The van der Waals surface area contributed by atoms with Gasteiger partial charge in [-0.1, -0.05) is 42.5 Å². The van der Waals surface area contributed by atoms with Crippen molar-refractivity contribution in [1.82, 2.24) is 0 Å². The molecule has 1 aromatic rings. The third kappa shape index (κ3) is 1.58. The Morgan fingerprint density at radius 3 is 2.93 bits per heavy atom.